The molecule has 0 radical (unpaired) electrons. The number of nitrogens with one attached hydrogen (secondary N) is 1. The highest BCUT2D eigenvalue weighted by Crippen LogP contribution is 2.22. The van der Waals surface area contributed by atoms with Gasteiger partial charge < -0.3 is 15.8 Å². The third kappa shape index (κ3) is 2.28. The molecule has 0 aromatic heterocycles. The monoisotopic (exact) mass is 249 g/mol. The topological polar surface area (TPSA) is 84.7 Å². The second kappa shape index (κ2) is 5.05. The molecule has 3 amide bonds. The fraction of sp³-hybridized carbons (Fsp3) is 0.333. The Labute approximate surface area is 105 Å². The summed E-state index contributed by atoms with van der Waals surface area (Å²) in [4.78, 5) is 24.2. The normalized spacial score (nSPS) is 14.9. The molecule has 1 heterocycles. The molecule has 0 unspecified atom stereocenters. The molecule has 0 bridgehead atoms. The minimum atomic E-state index is -0.375. The van der Waals surface area contributed by atoms with E-state index in [1.54, 1.807) is 13.2 Å². The summed E-state index contributed by atoms with van der Waals surface area (Å²) in [5.74, 6) is 0.403. The van der Waals surface area contributed by atoms with Crippen molar-refractivity contribution in [2.24, 2.45) is 5.73 Å². The number of carbonyl (C=O) groups excluding carboxylic acids is 2. The van der Waals surface area contributed by atoms with E-state index in [4.69, 9.17) is 10.5 Å². The fourth-order valence-corrected chi connectivity index (χ4v) is 1.87. The molecule has 1 aromatic rings. The van der Waals surface area contributed by atoms with Crippen LogP contribution in [0.5, 0.6) is 5.75 Å². The van der Waals surface area contributed by atoms with Gasteiger partial charge in [0.05, 0.1) is 20.2 Å². The molecule has 96 valence electrons. The molecule has 0 saturated carbocycles. The van der Waals surface area contributed by atoms with Crippen molar-refractivity contribution in [1.82, 2.24) is 10.2 Å². The van der Waals surface area contributed by atoms with Gasteiger partial charge in [-0.15, -0.1) is 0 Å². The van der Waals surface area contributed by atoms with Gasteiger partial charge in [-0.2, -0.15) is 0 Å². The van der Waals surface area contributed by atoms with E-state index in [-0.39, 0.29) is 25.0 Å². The van der Waals surface area contributed by atoms with Crippen LogP contribution >= 0.6 is 0 Å². The van der Waals surface area contributed by atoms with E-state index >= 15 is 0 Å². The standard InChI is InChI=1S/C12H15N3O3/c1-18-10-3-2-8(5-13)4-9(10)7-15-11(16)6-14-12(15)17/h2-4H,5-7,13H2,1H3,(H,14,17). The maximum absolute atomic E-state index is 11.5. The number of rotatable bonds is 4. The Balaban J connectivity index is 2.26. The summed E-state index contributed by atoms with van der Waals surface area (Å²) in [6, 6.07) is 5.11. The number of methoxy groups -OCH3 is 1. The molecule has 1 aliphatic heterocycles. The van der Waals surface area contributed by atoms with E-state index in [1.165, 1.54) is 0 Å². The number of hydrogen-bond acceptors (Lipinski definition) is 4. The van der Waals surface area contributed by atoms with Crippen molar-refractivity contribution in [3.8, 4) is 5.75 Å². The van der Waals surface area contributed by atoms with Crippen molar-refractivity contribution in [1.29, 1.82) is 0 Å². The Bertz CT molecular complexity index is 471. The fourth-order valence-electron chi connectivity index (χ4n) is 1.87. The van der Waals surface area contributed by atoms with Crippen LogP contribution in [0.25, 0.3) is 0 Å². The first-order chi connectivity index (χ1) is 8.65. The van der Waals surface area contributed by atoms with Crippen LogP contribution in [0.2, 0.25) is 0 Å². The van der Waals surface area contributed by atoms with E-state index in [1.807, 2.05) is 12.1 Å². The molecule has 0 atom stereocenters. The van der Waals surface area contributed by atoms with Crippen LogP contribution in [0.4, 0.5) is 4.79 Å². The number of amides is 3. The summed E-state index contributed by atoms with van der Waals surface area (Å²) in [6.07, 6.45) is 0. The molecule has 1 aromatic carbocycles. The molecule has 0 aliphatic carbocycles. The molecule has 1 fully saturated rings. The molecule has 6 nitrogen and oxygen atoms in total. The second-order valence-corrected chi connectivity index (χ2v) is 3.99. The summed E-state index contributed by atoms with van der Waals surface area (Å²) < 4.78 is 5.22. The number of hydrogen-bond donors (Lipinski definition) is 2. The predicted octanol–water partition coefficient (Wildman–Crippen LogP) is 0.206. The Kier molecular flexibility index (Phi) is 3.47. The smallest absolute Gasteiger partial charge is 0.324 e. The highest BCUT2D eigenvalue weighted by atomic mass is 16.5. The number of ether oxygens (including phenoxy) is 1. The number of urea groups is 1. The maximum Gasteiger partial charge on any atom is 0.324 e. The summed E-state index contributed by atoms with van der Waals surface area (Å²) in [7, 11) is 1.55. The molecule has 3 N–H and O–H groups in total. The molecule has 6 heteroatoms. The number of carbonyl (C=O) groups is 2. The average Bonchev–Trinajstić information content (AvgIpc) is 2.70. The Morgan fingerprint density at radius 1 is 1.44 bits per heavy atom. The lowest BCUT2D eigenvalue weighted by atomic mass is 10.1. The Morgan fingerprint density at radius 3 is 2.78 bits per heavy atom. The van der Waals surface area contributed by atoms with Crippen LogP contribution < -0.4 is 15.8 Å². The maximum atomic E-state index is 11.5. The van der Waals surface area contributed by atoms with E-state index in [0.717, 1.165) is 16.0 Å². The van der Waals surface area contributed by atoms with Crippen molar-refractivity contribution in [3.63, 3.8) is 0 Å². The second-order valence-electron chi connectivity index (χ2n) is 3.99. The molecule has 1 aliphatic rings. The van der Waals surface area contributed by atoms with E-state index in [0.29, 0.717) is 12.3 Å². The van der Waals surface area contributed by atoms with Gasteiger partial charge >= 0.3 is 6.03 Å². The van der Waals surface area contributed by atoms with Crippen LogP contribution in [-0.4, -0.2) is 30.5 Å². The lowest BCUT2D eigenvalue weighted by Gasteiger charge is -2.15. The van der Waals surface area contributed by atoms with E-state index in [9.17, 15) is 9.59 Å². The Hall–Kier alpha value is -2.08. The zero-order valence-corrected chi connectivity index (χ0v) is 10.1. The third-order valence-electron chi connectivity index (χ3n) is 2.85. The summed E-state index contributed by atoms with van der Waals surface area (Å²) in [5, 5.41) is 2.48. The van der Waals surface area contributed by atoms with Gasteiger partial charge in [0.25, 0.3) is 0 Å². The minimum Gasteiger partial charge on any atom is -0.496 e. The van der Waals surface area contributed by atoms with Crippen molar-refractivity contribution in [3.05, 3.63) is 29.3 Å². The van der Waals surface area contributed by atoms with Gasteiger partial charge in [-0.3, -0.25) is 9.69 Å². The third-order valence-corrected chi connectivity index (χ3v) is 2.85. The first kappa shape index (κ1) is 12.4. The van der Waals surface area contributed by atoms with Gasteiger partial charge in [0.2, 0.25) is 5.91 Å². The molecule has 2 rings (SSSR count). The van der Waals surface area contributed by atoms with Gasteiger partial charge in [0.1, 0.15) is 5.75 Å². The van der Waals surface area contributed by atoms with Gasteiger partial charge in [0.15, 0.2) is 0 Å². The first-order valence-corrected chi connectivity index (χ1v) is 5.59. The molecule has 18 heavy (non-hydrogen) atoms. The van der Waals surface area contributed by atoms with E-state index in [2.05, 4.69) is 5.32 Å². The SMILES string of the molecule is COc1ccc(CN)cc1CN1C(=O)CNC1=O. The lowest BCUT2D eigenvalue weighted by molar-refractivity contribution is -0.125. The number of imide groups is 1. The molecular formula is C12H15N3O3. The van der Waals surface area contributed by atoms with Crippen LogP contribution in [-0.2, 0) is 17.9 Å². The van der Waals surface area contributed by atoms with Gasteiger partial charge in [-0.25, -0.2) is 4.79 Å². The van der Waals surface area contributed by atoms with Crippen LogP contribution in [0, 0.1) is 0 Å². The number of nitrogens with zero attached hydrogens (tertiary/aromatic N) is 1. The largest absolute Gasteiger partial charge is 0.496 e. The van der Waals surface area contributed by atoms with Gasteiger partial charge in [-0.05, 0) is 17.7 Å². The molecule has 0 spiro atoms. The van der Waals surface area contributed by atoms with Gasteiger partial charge in [-0.1, -0.05) is 6.07 Å². The summed E-state index contributed by atoms with van der Waals surface area (Å²) in [5.41, 5.74) is 7.27. The van der Waals surface area contributed by atoms with Crippen LogP contribution in [0.15, 0.2) is 18.2 Å². The van der Waals surface area contributed by atoms with Crippen LogP contribution in [0.1, 0.15) is 11.1 Å². The van der Waals surface area contributed by atoms with Crippen molar-refractivity contribution in [2.45, 2.75) is 13.1 Å². The highest BCUT2D eigenvalue weighted by Gasteiger charge is 2.29. The summed E-state index contributed by atoms with van der Waals surface area (Å²) >= 11 is 0. The summed E-state index contributed by atoms with van der Waals surface area (Å²) in [6.45, 7) is 0.649. The molecule has 1 saturated heterocycles. The minimum absolute atomic E-state index is 0.0533. The molecular weight excluding hydrogens is 234 g/mol. The van der Waals surface area contributed by atoms with E-state index < -0.39 is 0 Å². The average molecular weight is 249 g/mol. The first-order valence-electron chi connectivity index (χ1n) is 5.59. The highest BCUT2D eigenvalue weighted by molar-refractivity contribution is 6.01. The van der Waals surface area contributed by atoms with Gasteiger partial charge in [0, 0.05) is 12.1 Å². The number of nitrogens with two attached hydrogens (primary N) is 1. The van der Waals surface area contributed by atoms with Crippen molar-refractivity contribution in [2.75, 3.05) is 13.7 Å². The lowest BCUT2D eigenvalue weighted by Crippen LogP contribution is -2.30. The van der Waals surface area contributed by atoms with Crippen LogP contribution in [0.3, 0.4) is 0 Å². The zero-order chi connectivity index (χ0) is 13.1. The zero-order valence-electron chi connectivity index (χ0n) is 10.1. The van der Waals surface area contributed by atoms with Crippen molar-refractivity contribution >= 4 is 11.9 Å². The van der Waals surface area contributed by atoms with Crippen molar-refractivity contribution < 1.29 is 14.3 Å². The Morgan fingerprint density at radius 2 is 2.22 bits per heavy atom. The number of benzene rings is 1. The quantitative estimate of drug-likeness (QED) is 0.747. The predicted molar refractivity (Wildman–Crippen MR) is 64.8 cm³/mol.